The lowest BCUT2D eigenvalue weighted by Crippen LogP contribution is -2.26. The molecule has 0 saturated heterocycles. The molecule has 5 aliphatic carbocycles. The van der Waals surface area contributed by atoms with Crippen LogP contribution in [0, 0.1) is 55.4 Å². The number of anilines is 6. The van der Waals surface area contributed by atoms with E-state index in [1.807, 2.05) is 0 Å². The summed E-state index contributed by atoms with van der Waals surface area (Å²) in [6.07, 6.45) is 9.34. The molecular formula is C101H80N2. The van der Waals surface area contributed by atoms with Gasteiger partial charge in [-0.05, 0) is 318 Å². The lowest BCUT2D eigenvalue weighted by Gasteiger charge is -2.32. The van der Waals surface area contributed by atoms with Crippen LogP contribution >= 0.6 is 0 Å². The molecule has 0 N–H and O–H groups in total. The quantitative estimate of drug-likeness (QED) is 0.126. The van der Waals surface area contributed by atoms with Crippen molar-refractivity contribution in [3.63, 3.8) is 0 Å². The zero-order valence-electron chi connectivity index (χ0n) is 60.3. The summed E-state index contributed by atoms with van der Waals surface area (Å²) in [7, 11) is 0. The molecule has 0 saturated carbocycles. The Morgan fingerprint density at radius 1 is 0.194 bits per heavy atom. The SMILES string of the molecule is Cc1cc(C)cc(N(c2cc(C)cc(C)c2)c2ccc3c(c2)C2(c4ccccc4-c4ccccc42)c2cc(C=Cc4ccc5c(c4)C(C)(C)c4cc(C=Cc6ccc7c(c6)C6(c8ccccc8-c8ccccc86)c6cc(N(c8cc(C)cc(C)c8)c8cc(C)cc(C)c8)ccc6-7)ccc4-5)ccc2-3)c1. The van der Waals surface area contributed by atoms with E-state index in [1.165, 1.54) is 201 Å². The van der Waals surface area contributed by atoms with Crippen molar-refractivity contribution in [2.24, 2.45) is 0 Å². The molecule has 103 heavy (non-hydrogen) atoms. The molecule has 14 aromatic carbocycles. The fourth-order valence-corrected chi connectivity index (χ4v) is 19.4. The third-order valence-corrected chi connectivity index (χ3v) is 23.2. The molecule has 0 radical (unpaired) electrons. The van der Waals surface area contributed by atoms with Crippen LogP contribution in [-0.2, 0) is 16.2 Å². The van der Waals surface area contributed by atoms with Crippen molar-refractivity contribution in [3.8, 4) is 55.6 Å². The van der Waals surface area contributed by atoms with Crippen LogP contribution in [0.1, 0.15) is 136 Å². The Hall–Kier alpha value is -11.8. The van der Waals surface area contributed by atoms with Gasteiger partial charge in [0.25, 0.3) is 0 Å². The van der Waals surface area contributed by atoms with Crippen LogP contribution in [0.2, 0.25) is 0 Å². The highest BCUT2D eigenvalue weighted by atomic mass is 15.1. The second kappa shape index (κ2) is 23.1. The van der Waals surface area contributed by atoms with Gasteiger partial charge in [-0.15, -0.1) is 0 Å². The van der Waals surface area contributed by atoms with E-state index in [4.69, 9.17) is 0 Å². The van der Waals surface area contributed by atoms with E-state index < -0.39 is 10.8 Å². The Balaban J connectivity index is 0.655. The standard InChI is InChI=1S/C101H80N2/c1-61-43-62(2)48-75(47-61)102(76-49-63(3)44-64(4)50-76)73-35-41-87-85-39-33-71(57-95(85)100(97(87)59-73)89-23-15-11-19-79(89)80-20-12-16-24-90(80)100)29-27-69-31-37-83-84-38-32-70(56-94(84)99(9,10)93(83)55-69)28-30-72-34-40-86-88-42-36-74(103(77-51-65(5)45-66(6)52-77)78-53-67(7)46-68(8)54-78)60-98(88)101(96(86)58-72)91-25-17-13-21-81(91)82-22-14-18-26-92(82)101/h11-60H,1-10H3. The summed E-state index contributed by atoms with van der Waals surface area (Å²) in [5.74, 6) is 0. The second-order valence-electron chi connectivity index (χ2n) is 30.7. The molecule has 0 heterocycles. The fraction of sp³-hybridized carbons (Fsp3) is 0.129. The number of rotatable bonds is 10. The summed E-state index contributed by atoms with van der Waals surface area (Å²) in [6, 6.07) is 108. The molecule has 0 amide bonds. The highest BCUT2D eigenvalue weighted by molar-refractivity contribution is 6.00. The monoisotopic (exact) mass is 1320 g/mol. The van der Waals surface area contributed by atoms with Gasteiger partial charge in [0.15, 0.2) is 0 Å². The van der Waals surface area contributed by atoms with E-state index in [0.717, 1.165) is 11.4 Å². The molecule has 5 aliphatic rings. The zero-order valence-corrected chi connectivity index (χ0v) is 60.3. The van der Waals surface area contributed by atoms with Crippen molar-refractivity contribution in [1.29, 1.82) is 0 Å². The Labute approximate surface area is 606 Å². The summed E-state index contributed by atoms with van der Waals surface area (Å²) < 4.78 is 0. The van der Waals surface area contributed by atoms with Crippen LogP contribution in [0.25, 0.3) is 79.9 Å². The zero-order chi connectivity index (χ0) is 69.9. The molecule has 19 rings (SSSR count). The van der Waals surface area contributed by atoms with Gasteiger partial charge < -0.3 is 9.80 Å². The third kappa shape index (κ3) is 9.46. The summed E-state index contributed by atoms with van der Waals surface area (Å²) >= 11 is 0. The molecular weight excluding hydrogens is 1240 g/mol. The normalized spacial score (nSPS) is 14.3. The molecule has 2 spiro atoms. The first-order chi connectivity index (χ1) is 50.0. The second-order valence-corrected chi connectivity index (χ2v) is 30.7. The van der Waals surface area contributed by atoms with E-state index in [2.05, 4.69) is 382 Å². The van der Waals surface area contributed by atoms with Crippen molar-refractivity contribution in [2.75, 3.05) is 9.80 Å². The minimum absolute atomic E-state index is 0.224. The average Bonchev–Trinajstić information content (AvgIpc) is 1.51. The van der Waals surface area contributed by atoms with Gasteiger partial charge in [0.2, 0.25) is 0 Å². The van der Waals surface area contributed by atoms with Crippen LogP contribution in [0.3, 0.4) is 0 Å². The van der Waals surface area contributed by atoms with Crippen LogP contribution in [-0.4, -0.2) is 0 Å². The predicted molar refractivity (Wildman–Crippen MR) is 435 cm³/mol. The Bertz CT molecular complexity index is 5400. The topological polar surface area (TPSA) is 6.48 Å². The van der Waals surface area contributed by atoms with Gasteiger partial charge in [0.05, 0.1) is 10.8 Å². The van der Waals surface area contributed by atoms with E-state index in [1.54, 1.807) is 0 Å². The third-order valence-electron chi connectivity index (χ3n) is 23.2. The highest BCUT2D eigenvalue weighted by Crippen LogP contribution is 2.66. The van der Waals surface area contributed by atoms with Crippen molar-refractivity contribution < 1.29 is 0 Å². The largest absolute Gasteiger partial charge is 0.310 e. The summed E-state index contributed by atoms with van der Waals surface area (Å²) in [6.45, 7) is 22.5. The molecule has 2 nitrogen and oxygen atoms in total. The van der Waals surface area contributed by atoms with Gasteiger partial charge in [-0.3, -0.25) is 0 Å². The van der Waals surface area contributed by atoms with Crippen molar-refractivity contribution in [3.05, 3.63) is 401 Å². The van der Waals surface area contributed by atoms with E-state index in [0.29, 0.717) is 0 Å². The van der Waals surface area contributed by atoms with Crippen LogP contribution in [0.15, 0.2) is 279 Å². The van der Waals surface area contributed by atoms with Gasteiger partial charge in [0.1, 0.15) is 0 Å². The van der Waals surface area contributed by atoms with Crippen molar-refractivity contribution >= 4 is 58.4 Å². The van der Waals surface area contributed by atoms with Gasteiger partial charge in [-0.2, -0.15) is 0 Å². The maximum absolute atomic E-state index is 2.52. The van der Waals surface area contributed by atoms with Crippen molar-refractivity contribution in [2.45, 2.75) is 85.5 Å². The van der Waals surface area contributed by atoms with Crippen LogP contribution < -0.4 is 9.80 Å². The Morgan fingerprint density at radius 2 is 0.408 bits per heavy atom. The molecule has 0 bridgehead atoms. The molecule has 2 heteroatoms. The predicted octanol–water partition coefficient (Wildman–Crippen LogP) is 26.4. The van der Waals surface area contributed by atoms with E-state index >= 15 is 0 Å². The average molecular weight is 1320 g/mol. The van der Waals surface area contributed by atoms with Gasteiger partial charge in [0, 0.05) is 39.5 Å². The summed E-state index contributed by atoms with van der Waals surface area (Å²) in [5, 5.41) is 0. The van der Waals surface area contributed by atoms with Gasteiger partial charge in [-0.1, -0.05) is 232 Å². The molecule has 0 fully saturated rings. The van der Waals surface area contributed by atoms with Gasteiger partial charge in [-0.25, -0.2) is 0 Å². The number of hydrogen-bond acceptors (Lipinski definition) is 2. The number of fused-ring (bicyclic) bond motifs is 23. The molecule has 0 aromatic heterocycles. The number of hydrogen-bond donors (Lipinski definition) is 0. The number of aryl methyl sites for hydroxylation is 8. The lowest BCUT2D eigenvalue weighted by molar-refractivity contribution is 0.660. The maximum atomic E-state index is 2.52. The first-order valence-electron chi connectivity index (χ1n) is 36.6. The summed E-state index contributed by atoms with van der Waals surface area (Å²) in [5.41, 5.74) is 46.7. The van der Waals surface area contributed by atoms with Gasteiger partial charge >= 0.3 is 0 Å². The first kappa shape index (κ1) is 62.2. The minimum Gasteiger partial charge on any atom is -0.310 e. The minimum atomic E-state index is -0.532. The van der Waals surface area contributed by atoms with E-state index in [-0.39, 0.29) is 5.41 Å². The first-order valence-corrected chi connectivity index (χ1v) is 36.6. The maximum Gasteiger partial charge on any atom is 0.0726 e. The smallest absolute Gasteiger partial charge is 0.0726 e. The summed E-state index contributed by atoms with van der Waals surface area (Å²) in [4.78, 5) is 4.95. The lowest BCUT2D eigenvalue weighted by atomic mass is 9.70. The van der Waals surface area contributed by atoms with E-state index in [9.17, 15) is 0 Å². The highest BCUT2D eigenvalue weighted by Gasteiger charge is 2.54. The molecule has 0 unspecified atom stereocenters. The number of nitrogens with zero attached hydrogens (tertiary/aromatic N) is 2. The molecule has 0 aliphatic heterocycles. The van der Waals surface area contributed by atoms with Crippen LogP contribution in [0.5, 0.6) is 0 Å². The van der Waals surface area contributed by atoms with Crippen molar-refractivity contribution in [1.82, 2.24) is 0 Å². The number of benzene rings is 14. The van der Waals surface area contributed by atoms with Crippen LogP contribution in [0.4, 0.5) is 34.1 Å². The molecule has 494 valence electrons. The fourth-order valence-electron chi connectivity index (χ4n) is 19.4. The Morgan fingerprint density at radius 3 is 0.680 bits per heavy atom. The molecule has 14 aromatic rings. The Kier molecular flexibility index (Phi) is 13.9. The molecule has 0 atom stereocenters.